The van der Waals surface area contributed by atoms with Gasteiger partial charge < -0.3 is 0 Å². The van der Waals surface area contributed by atoms with Crippen LogP contribution in [-0.4, -0.2) is 17.8 Å². The number of fused-ring (bicyclic) bond motifs is 1. The average Bonchev–Trinajstić information content (AvgIpc) is 3.19. The fraction of sp³-hybridized carbons (Fsp3) is 0.105. The van der Waals surface area contributed by atoms with E-state index in [1.165, 1.54) is 11.3 Å². The van der Waals surface area contributed by atoms with Crippen LogP contribution in [0.15, 0.2) is 65.1 Å². The first-order chi connectivity index (χ1) is 12.4. The Morgan fingerprint density at radius 2 is 1.88 bits per heavy atom. The molecule has 0 saturated heterocycles. The number of sulfonamides is 1. The molecule has 132 valence electrons. The van der Waals surface area contributed by atoms with Gasteiger partial charge in [0, 0.05) is 23.3 Å². The molecule has 0 amide bonds. The molecule has 2 aromatic heterocycles. The molecule has 2 heterocycles. The highest BCUT2D eigenvalue weighted by atomic mass is 32.2. The quantitative estimate of drug-likeness (QED) is 0.565. The van der Waals surface area contributed by atoms with Gasteiger partial charge >= 0.3 is 0 Å². The SMILES string of the molecule is Cc1ccc(S(=O)(=O)Nc2ccccc2-c2cn3ccsc3n2)cc1C. The zero-order chi connectivity index (χ0) is 18.3. The third-order valence-electron chi connectivity index (χ3n) is 4.33. The minimum Gasteiger partial charge on any atom is -0.297 e. The summed E-state index contributed by atoms with van der Waals surface area (Å²) in [6.45, 7) is 3.86. The van der Waals surface area contributed by atoms with Crippen LogP contribution < -0.4 is 4.72 Å². The summed E-state index contributed by atoms with van der Waals surface area (Å²) in [5.74, 6) is 0. The molecule has 2 aromatic carbocycles. The van der Waals surface area contributed by atoms with Crippen molar-refractivity contribution >= 4 is 32.0 Å². The molecule has 4 aromatic rings. The van der Waals surface area contributed by atoms with Crippen molar-refractivity contribution in [3.05, 3.63) is 71.4 Å². The molecule has 0 aliphatic carbocycles. The van der Waals surface area contributed by atoms with Crippen LogP contribution in [0.3, 0.4) is 0 Å². The van der Waals surface area contributed by atoms with Gasteiger partial charge in [0.1, 0.15) is 0 Å². The fourth-order valence-corrected chi connectivity index (χ4v) is 4.60. The van der Waals surface area contributed by atoms with E-state index >= 15 is 0 Å². The third-order valence-corrected chi connectivity index (χ3v) is 6.46. The van der Waals surface area contributed by atoms with E-state index in [0.717, 1.165) is 27.3 Å². The number of nitrogens with zero attached hydrogens (tertiary/aromatic N) is 2. The number of rotatable bonds is 4. The van der Waals surface area contributed by atoms with Gasteiger partial charge in [-0.05, 0) is 43.2 Å². The predicted molar refractivity (Wildman–Crippen MR) is 105 cm³/mol. The van der Waals surface area contributed by atoms with Gasteiger partial charge in [0.15, 0.2) is 4.96 Å². The number of imidazole rings is 1. The summed E-state index contributed by atoms with van der Waals surface area (Å²) >= 11 is 1.53. The Morgan fingerprint density at radius 3 is 2.65 bits per heavy atom. The molecule has 0 atom stereocenters. The Labute approximate surface area is 156 Å². The molecular formula is C19H17N3O2S2. The molecule has 4 rings (SSSR count). The zero-order valence-electron chi connectivity index (χ0n) is 14.3. The standard InChI is InChI=1S/C19H17N3O2S2/c1-13-7-8-15(11-14(13)2)26(23,24)21-17-6-4-3-5-16(17)18-12-22-9-10-25-19(22)20-18/h3-12,21H,1-2H3. The van der Waals surface area contributed by atoms with Crippen molar-refractivity contribution in [1.82, 2.24) is 9.38 Å². The molecule has 7 heteroatoms. The van der Waals surface area contributed by atoms with Crippen LogP contribution in [0.25, 0.3) is 16.2 Å². The van der Waals surface area contributed by atoms with Crippen LogP contribution in [0.5, 0.6) is 0 Å². The maximum Gasteiger partial charge on any atom is 0.261 e. The normalized spacial score (nSPS) is 11.8. The lowest BCUT2D eigenvalue weighted by Gasteiger charge is -2.12. The second-order valence-corrected chi connectivity index (χ2v) is 8.67. The van der Waals surface area contributed by atoms with E-state index in [-0.39, 0.29) is 4.90 Å². The first kappa shape index (κ1) is 16.8. The van der Waals surface area contributed by atoms with Crippen molar-refractivity contribution in [2.45, 2.75) is 18.7 Å². The Bertz CT molecular complexity index is 1180. The number of hydrogen-bond acceptors (Lipinski definition) is 4. The Balaban J connectivity index is 1.74. The zero-order valence-corrected chi connectivity index (χ0v) is 15.9. The monoisotopic (exact) mass is 383 g/mol. The lowest BCUT2D eigenvalue weighted by molar-refractivity contribution is 0.601. The average molecular weight is 383 g/mol. The molecule has 1 N–H and O–H groups in total. The molecule has 0 unspecified atom stereocenters. The van der Waals surface area contributed by atoms with Crippen LogP contribution in [-0.2, 0) is 10.0 Å². The third kappa shape index (κ3) is 3.00. The van der Waals surface area contributed by atoms with E-state index < -0.39 is 10.0 Å². The Morgan fingerprint density at radius 1 is 1.08 bits per heavy atom. The topological polar surface area (TPSA) is 63.5 Å². The molecule has 0 aliphatic rings. The van der Waals surface area contributed by atoms with Crippen molar-refractivity contribution in [2.75, 3.05) is 4.72 Å². The smallest absolute Gasteiger partial charge is 0.261 e. The van der Waals surface area contributed by atoms with Gasteiger partial charge in [0.25, 0.3) is 10.0 Å². The predicted octanol–water partition coefficient (Wildman–Crippen LogP) is 4.48. The minimum atomic E-state index is -3.68. The molecule has 0 radical (unpaired) electrons. The van der Waals surface area contributed by atoms with Gasteiger partial charge in [-0.15, -0.1) is 11.3 Å². The van der Waals surface area contributed by atoms with E-state index in [2.05, 4.69) is 9.71 Å². The summed E-state index contributed by atoms with van der Waals surface area (Å²) < 4.78 is 30.3. The number of benzene rings is 2. The highest BCUT2D eigenvalue weighted by molar-refractivity contribution is 7.92. The largest absolute Gasteiger partial charge is 0.297 e. The number of aromatic nitrogens is 2. The van der Waals surface area contributed by atoms with E-state index in [0.29, 0.717) is 5.69 Å². The van der Waals surface area contributed by atoms with Crippen LogP contribution in [0.4, 0.5) is 5.69 Å². The van der Waals surface area contributed by atoms with Crippen LogP contribution >= 0.6 is 11.3 Å². The lowest BCUT2D eigenvalue weighted by atomic mass is 10.1. The highest BCUT2D eigenvalue weighted by Gasteiger charge is 2.18. The number of aryl methyl sites for hydroxylation is 2. The first-order valence-corrected chi connectivity index (χ1v) is 10.4. The highest BCUT2D eigenvalue weighted by Crippen LogP contribution is 2.30. The van der Waals surface area contributed by atoms with Gasteiger partial charge in [-0.2, -0.15) is 0 Å². The van der Waals surface area contributed by atoms with Gasteiger partial charge in [0.2, 0.25) is 0 Å². The number of thiazole rings is 1. The molecule has 5 nitrogen and oxygen atoms in total. The van der Waals surface area contributed by atoms with E-state index in [9.17, 15) is 8.42 Å². The summed E-state index contributed by atoms with van der Waals surface area (Å²) in [6.07, 6.45) is 3.83. The molecule has 0 bridgehead atoms. The maximum atomic E-state index is 12.8. The number of hydrogen-bond donors (Lipinski definition) is 1. The Kier molecular flexibility index (Phi) is 4.05. The maximum absolute atomic E-state index is 12.8. The van der Waals surface area contributed by atoms with Crippen LogP contribution in [0, 0.1) is 13.8 Å². The summed E-state index contributed by atoms with van der Waals surface area (Å²) in [6, 6.07) is 12.4. The lowest BCUT2D eigenvalue weighted by Crippen LogP contribution is -2.14. The van der Waals surface area contributed by atoms with Gasteiger partial charge in [0.05, 0.1) is 16.3 Å². The van der Waals surface area contributed by atoms with Crippen molar-refractivity contribution in [1.29, 1.82) is 0 Å². The fourth-order valence-electron chi connectivity index (χ4n) is 2.74. The first-order valence-electron chi connectivity index (χ1n) is 8.06. The van der Waals surface area contributed by atoms with Crippen molar-refractivity contribution < 1.29 is 8.42 Å². The summed E-state index contributed by atoms with van der Waals surface area (Å²) in [7, 11) is -3.68. The minimum absolute atomic E-state index is 0.251. The van der Waals surface area contributed by atoms with Gasteiger partial charge in [-0.3, -0.25) is 9.12 Å². The molecule has 0 saturated carbocycles. The molecular weight excluding hydrogens is 366 g/mol. The number of para-hydroxylation sites is 1. The van der Waals surface area contributed by atoms with E-state index in [1.54, 1.807) is 24.3 Å². The van der Waals surface area contributed by atoms with E-state index in [1.807, 2.05) is 54.2 Å². The number of nitrogens with one attached hydrogen (secondary N) is 1. The number of anilines is 1. The van der Waals surface area contributed by atoms with Crippen LogP contribution in [0.1, 0.15) is 11.1 Å². The second-order valence-electron chi connectivity index (χ2n) is 6.12. The summed E-state index contributed by atoms with van der Waals surface area (Å²) in [5.41, 5.74) is 3.99. The van der Waals surface area contributed by atoms with Crippen LogP contribution in [0.2, 0.25) is 0 Å². The Hall–Kier alpha value is -2.64. The second kappa shape index (κ2) is 6.26. The summed E-state index contributed by atoms with van der Waals surface area (Å²) in [5, 5.41) is 1.96. The van der Waals surface area contributed by atoms with Gasteiger partial charge in [-0.1, -0.05) is 24.3 Å². The molecule has 26 heavy (non-hydrogen) atoms. The molecule has 0 aliphatic heterocycles. The van der Waals surface area contributed by atoms with Crippen molar-refractivity contribution in [3.8, 4) is 11.3 Å². The van der Waals surface area contributed by atoms with E-state index in [4.69, 9.17) is 0 Å². The molecule has 0 fully saturated rings. The van der Waals surface area contributed by atoms with Gasteiger partial charge in [-0.25, -0.2) is 13.4 Å². The summed E-state index contributed by atoms with van der Waals surface area (Å²) in [4.78, 5) is 5.70. The van der Waals surface area contributed by atoms with Crippen molar-refractivity contribution in [2.24, 2.45) is 0 Å². The molecule has 0 spiro atoms. The van der Waals surface area contributed by atoms with Crippen molar-refractivity contribution in [3.63, 3.8) is 0 Å².